The van der Waals surface area contributed by atoms with E-state index in [1.807, 2.05) is 90.7 Å². The monoisotopic (exact) mass is 970 g/mol. The number of hydrogen-bond acceptors (Lipinski definition) is 8. The van der Waals surface area contributed by atoms with Crippen LogP contribution < -0.4 is 20.4 Å². The number of nitrogens with zero attached hydrogens (tertiary/aromatic N) is 6. The summed E-state index contributed by atoms with van der Waals surface area (Å²) in [6.45, 7) is 8.17. The number of carbonyl (C=O) groups excluding carboxylic acids is 4. The van der Waals surface area contributed by atoms with E-state index in [0.717, 1.165) is 54.3 Å². The van der Waals surface area contributed by atoms with Crippen LogP contribution in [-0.2, 0) is 35.3 Å². The summed E-state index contributed by atoms with van der Waals surface area (Å²) in [5, 5.41) is 6.83. The molecule has 4 aromatic carbocycles. The SMILES string of the molecule is Cc1ccccc1CC(=O)N1CCN(c2ccc(C(=O)NCCc3cccc(Cl)c3)cn2)CC1.O=C(NCCCc1ccccc1)c1ccc(N2CCN(C(=O)Cc3c(F)cccc3Cl)CC2)nc1. The number of amides is 4. The van der Waals surface area contributed by atoms with Crippen LogP contribution in [0, 0.1) is 12.7 Å². The lowest BCUT2D eigenvalue weighted by Crippen LogP contribution is -2.49. The topological polar surface area (TPSA) is 131 Å². The Morgan fingerprint density at radius 2 is 1.13 bits per heavy atom. The fourth-order valence-electron chi connectivity index (χ4n) is 8.19. The Labute approximate surface area is 413 Å². The number of halogens is 3. The van der Waals surface area contributed by atoms with Crippen LogP contribution >= 0.6 is 23.2 Å². The summed E-state index contributed by atoms with van der Waals surface area (Å²) in [5.41, 5.74) is 5.84. The molecule has 358 valence electrons. The van der Waals surface area contributed by atoms with Crippen molar-refractivity contribution >= 4 is 58.5 Å². The molecule has 2 aromatic heterocycles. The van der Waals surface area contributed by atoms with Crippen LogP contribution in [0.15, 0.2) is 134 Å². The van der Waals surface area contributed by atoms with Crippen molar-refractivity contribution in [1.82, 2.24) is 30.4 Å². The lowest BCUT2D eigenvalue weighted by molar-refractivity contribution is -0.131. The van der Waals surface area contributed by atoms with Crippen molar-refractivity contribution in [2.75, 3.05) is 75.2 Å². The van der Waals surface area contributed by atoms with Gasteiger partial charge < -0.3 is 30.2 Å². The highest BCUT2D eigenvalue weighted by molar-refractivity contribution is 6.31. The van der Waals surface area contributed by atoms with Crippen molar-refractivity contribution < 1.29 is 23.6 Å². The highest BCUT2D eigenvalue weighted by Crippen LogP contribution is 2.22. The Morgan fingerprint density at radius 3 is 1.70 bits per heavy atom. The minimum absolute atomic E-state index is 0.0566. The third kappa shape index (κ3) is 14.6. The normalized spacial score (nSPS) is 13.6. The largest absolute Gasteiger partial charge is 0.353 e. The molecule has 4 amide bonds. The van der Waals surface area contributed by atoms with Gasteiger partial charge in [-0.1, -0.05) is 96.0 Å². The average Bonchev–Trinajstić information content (AvgIpc) is 3.37. The summed E-state index contributed by atoms with van der Waals surface area (Å²) in [4.78, 5) is 67.0. The summed E-state index contributed by atoms with van der Waals surface area (Å²) >= 11 is 12.1. The van der Waals surface area contributed by atoms with E-state index in [-0.39, 0.29) is 40.6 Å². The first-order chi connectivity index (χ1) is 33.5. The van der Waals surface area contributed by atoms with Crippen LogP contribution in [0.25, 0.3) is 0 Å². The Balaban J connectivity index is 0.000000204. The van der Waals surface area contributed by atoms with E-state index >= 15 is 0 Å². The molecule has 0 aliphatic carbocycles. The van der Waals surface area contributed by atoms with Gasteiger partial charge in [0.1, 0.15) is 17.5 Å². The van der Waals surface area contributed by atoms with Crippen molar-refractivity contribution in [2.24, 2.45) is 0 Å². The maximum absolute atomic E-state index is 14.0. The Morgan fingerprint density at radius 1 is 0.580 bits per heavy atom. The van der Waals surface area contributed by atoms with Gasteiger partial charge in [0.2, 0.25) is 11.8 Å². The quantitative estimate of drug-likeness (QED) is 0.0991. The lowest BCUT2D eigenvalue weighted by atomic mass is 10.1. The third-order valence-corrected chi connectivity index (χ3v) is 12.9. The van der Waals surface area contributed by atoms with Crippen molar-refractivity contribution in [3.63, 3.8) is 0 Å². The second-order valence-electron chi connectivity index (χ2n) is 17.0. The Hall–Kier alpha value is -6.83. The molecule has 4 heterocycles. The number of carbonyl (C=O) groups is 4. The number of nitrogens with one attached hydrogen (secondary N) is 2. The molecule has 0 unspecified atom stereocenters. The fraction of sp³-hybridized carbons (Fsp3) is 0.296. The van der Waals surface area contributed by atoms with Crippen LogP contribution in [0.1, 0.15) is 55.0 Å². The number of aromatic nitrogens is 2. The Bertz CT molecular complexity index is 2640. The molecular weight excluding hydrogens is 915 g/mol. The first-order valence-corrected chi connectivity index (χ1v) is 24.1. The minimum Gasteiger partial charge on any atom is -0.353 e. The van der Waals surface area contributed by atoms with Gasteiger partial charge in [0, 0.05) is 93.4 Å². The summed E-state index contributed by atoms with van der Waals surface area (Å²) in [6, 6.07) is 37.5. The smallest absolute Gasteiger partial charge is 0.252 e. The molecule has 0 bridgehead atoms. The first-order valence-electron chi connectivity index (χ1n) is 23.3. The van der Waals surface area contributed by atoms with Crippen molar-refractivity contribution in [2.45, 2.75) is 39.0 Å². The van der Waals surface area contributed by atoms with Crippen LogP contribution in [0.5, 0.6) is 0 Å². The van der Waals surface area contributed by atoms with Crippen LogP contribution in [0.3, 0.4) is 0 Å². The van der Waals surface area contributed by atoms with E-state index in [9.17, 15) is 23.6 Å². The first kappa shape index (κ1) is 50.1. The second-order valence-corrected chi connectivity index (χ2v) is 17.9. The molecule has 0 radical (unpaired) electrons. The number of hydrogen-bond donors (Lipinski definition) is 2. The molecule has 0 atom stereocenters. The van der Waals surface area contributed by atoms with Crippen molar-refractivity contribution in [3.05, 3.63) is 189 Å². The summed E-state index contributed by atoms with van der Waals surface area (Å²) in [6.07, 6.45) is 6.07. The van der Waals surface area contributed by atoms with E-state index < -0.39 is 5.82 Å². The molecule has 2 aliphatic rings. The predicted octanol–water partition coefficient (Wildman–Crippen LogP) is 8.04. The standard InChI is InChI=1S/C27H28ClFN4O2.C27H29ClN4O2/c28-23-9-4-10-24(29)22(23)18-26(34)33-16-14-32(15-17-33)25-12-11-21(19-31-25)27(35)30-13-5-8-20-6-2-1-3-7-20;1-20-5-2-3-7-22(20)18-26(33)32-15-13-31(14-16-32)25-10-9-23(19-30-25)27(34)29-12-11-21-6-4-8-24(28)17-21/h1-4,6-7,9-12,19H,5,8,13-18H2,(H,30,35);2-10,17,19H,11-16,18H2,1H3,(H,29,34). The lowest BCUT2D eigenvalue weighted by Gasteiger charge is -2.35. The summed E-state index contributed by atoms with van der Waals surface area (Å²) in [7, 11) is 0. The molecule has 8 rings (SSSR count). The zero-order valence-corrected chi connectivity index (χ0v) is 40.3. The van der Waals surface area contributed by atoms with E-state index in [1.54, 1.807) is 35.5 Å². The number of aryl methyl sites for hydroxylation is 2. The van der Waals surface area contributed by atoms with Gasteiger partial charge in [-0.3, -0.25) is 19.2 Å². The van der Waals surface area contributed by atoms with Crippen molar-refractivity contribution in [3.8, 4) is 0 Å². The van der Waals surface area contributed by atoms with E-state index in [0.29, 0.717) is 81.3 Å². The molecule has 15 heteroatoms. The van der Waals surface area contributed by atoms with Gasteiger partial charge in [0.25, 0.3) is 11.8 Å². The van der Waals surface area contributed by atoms with Gasteiger partial charge in [-0.2, -0.15) is 0 Å². The van der Waals surface area contributed by atoms with Crippen LogP contribution in [-0.4, -0.2) is 109 Å². The number of benzene rings is 4. The second kappa shape index (κ2) is 25.0. The van der Waals surface area contributed by atoms with Gasteiger partial charge in [-0.05, 0) is 97.0 Å². The van der Waals surface area contributed by atoms with E-state index in [1.165, 1.54) is 17.7 Å². The van der Waals surface area contributed by atoms with E-state index in [2.05, 4.69) is 42.5 Å². The van der Waals surface area contributed by atoms with E-state index in [4.69, 9.17) is 23.2 Å². The van der Waals surface area contributed by atoms with Crippen molar-refractivity contribution in [1.29, 1.82) is 0 Å². The molecule has 2 saturated heterocycles. The molecular formula is C54H57Cl2FN8O4. The molecule has 0 saturated carbocycles. The Kier molecular flexibility index (Phi) is 18.1. The maximum atomic E-state index is 14.0. The molecule has 69 heavy (non-hydrogen) atoms. The van der Waals surface area contributed by atoms with Gasteiger partial charge in [-0.25, -0.2) is 14.4 Å². The van der Waals surface area contributed by atoms with Gasteiger partial charge in [0.15, 0.2) is 0 Å². The number of piperazine rings is 2. The summed E-state index contributed by atoms with van der Waals surface area (Å²) < 4.78 is 14.0. The van der Waals surface area contributed by atoms with Gasteiger partial charge in [-0.15, -0.1) is 0 Å². The zero-order chi connectivity index (χ0) is 48.5. The zero-order valence-electron chi connectivity index (χ0n) is 38.8. The molecule has 2 fully saturated rings. The highest BCUT2D eigenvalue weighted by atomic mass is 35.5. The number of pyridine rings is 2. The van der Waals surface area contributed by atoms with Crippen LogP contribution in [0.2, 0.25) is 10.0 Å². The molecule has 2 aliphatic heterocycles. The van der Waals surface area contributed by atoms with Gasteiger partial charge in [0.05, 0.1) is 24.0 Å². The average molecular weight is 972 g/mol. The predicted molar refractivity (Wildman–Crippen MR) is 271 cm³/mol. The third-order valence-electron chi connectivity index (χ3n) is 12.3. The molecule has 0 spiro atoms. The fourth-order valence-corrected chi connectivity index (χ4v) is 8.63. The van der Waals surface area contributed by atoms with Crippen LogP contribution in [0.4, 0.5) is 16.0 Å². The number of rotatable bonds is 15. The minimum atomic E-state index is -0.464. The van der Waals surface area contributed by atoms with Gasteiger partial charge >= 0.3 is 0 Å². The molecule has 12 nitrogen and oxygen atoms in total. The highest BCUT2D eigenvalue weighted by Gasteiger charge is 2.25. The summed E-state index contributed by atoms with van der Waals surface area (Å²) in [5.74, 6) is 0.841. The molecule has 2 N–H and O–H groups in total. The molecule has 6 aromatic rings. The number of anilines is 2. The maximum Gasteiger partial charge on any atom is 0.252 e.